The quantitative estimate of drug-likeness (QED) is 0.553. The highest BCUT2D eigenvalue weighted by molar-refractivity contribution is 5.89. The lowest BCUT2D eigenvalue weighted by Gasteiger charge is -1.96. The SMILES string of the molecule is COC(=O)c1ccc[nH+]c1C. The smallest absolute Gasteiger partial charge is 0.344 e. The van der Waals surface area contributed by atoms with Gasteiger partial charge in [-0.3, -0.25) is 0 Å². The summed E-state index contributed by atoms with van der Waals surface area (Å²) in [6.07, 6.45) is 1.77. The van der Waals surface area contributed by atoms with E-state index in [1.165, 1.54) is 7.11 Å². The first kappa shape index (κ1) is 7.72. The number of methoxy groups -OCH3 is 1. The molecule has 0 spiro atoms. The number of aromatic amines is 1. The van der Waals surface area contributed by atoms with Gasteiger partial charge in [-0.05, 0) is 6.07 Å². The van der Waals surface area contributed by atoms with E-state index in [1.807, 2.05) is 6.92 Å². The molecule has 1 aromatic rings. The molecular formula is C8H10NO2+. The molecule has 1 heterocycles. The summed E-state index contributed by atoms with van der Waals surface area (Å²) in [4.78, 5) is 13.9. The minimum atomic E-state index is -0.306. The fourth-order valence-corrected chi connectivity index (χ4v) is 0.851. The number of nitrogens with one attached hydrogen (secondary N) is 1. The van der Waals surface area contributed by atoms with Crippen LogP contribution in [0.3, 0.4) is 0 Å². The molecule has 1 rings (SSSR count). The normalized spacial score (nSPS) is 9.27. The van der Waals surface area contributed by atoms with Crippen molar-refractivity contribution in [1.29, 1.82) is 0 Å². The molecule has 1 N–H and O–H groups in total. The Morgan fingerprint density at radius 2 is 2.36 bits per heavy atom. The van der Waals surface area contributed by atoms with Crippen LogP contribution in [0.4, 0.5) is 0 Å². The van der Waals surface area contributed by atoms with Gasteiger partial charge in [0.25, 0.3) is 0 Å². The monoisotopic (exact) mass is 152 g/mol. The first-order valence-corrected chi connectivity index (χ1v) is 3.31. The Morgan fingerprint density at radius 3 is 2.91 bits per heavy atom. The van der Waals surface area contributed by atoms with Crippen LogP contribution in [0.1, 0.15) is 16.1 Å². The van der Waals surface area contributed by atoms with Gasteiger partial charge in [0.05, 0.1) is 7.11 Å². The highest BCUT2D eigenvalue weighted by Crippen LogP contribution is 2.01. The topological polar surface area (TPSA) is 40.4 Å². The molecule has 0 unspecified atom stereocenters. The summed E-state index contributed by atoms with van der Waals surface area (Å²) in [6, 6.07) is 3.48. The number of aryl methyl sites for hydroxylation is 1. The summed E-state index contributed by atoms with van der Waals surface area (Å²) in [5.41, 5.74) is 1.40. The minimum Gasteiger partial charge on any atom is -0.465 e. The summed E-state index contributed by atoms with van der Waals surface area (Å²) in [5.74, 6) is -0.306. The van der Waals surface area contributed by atoms with Gasteiger partial charge >= 0.3 is 5.97 Å². The summed E-state index contributed by atoms with van der Waals surface area (Å²) in [6.45, 7) is 1.83. The molecule has 0 saturated heterocycles. The Balaban J connectivity index is 3.03. The van der Waals surface area contributed by atoms with Crippen LogP contribution >= 0.6 is 0 Å². The van der Waals surface area contributed by atoms with Gasteiger partial charge in [-0.1, -0.05) is 0 Å². The van der Waals surface area contributed by atoms with Crippen LogP contribution in [0.15, 0.2) is 18.3 Å². The van der Waals surface area contributed by atoms with Crippen molar-refractivity contribution in [2.75, 3.05) is 7.11 Å². The van der Waals surface area contributed by atoms with Gasteiger partial charge in [0, 0.05) is 13.0 Å². The van der Waals surface area contributed by atoms with Crippen molar-refractivity contribution in [1.82, 2.24) is 0 Å². The van der Waals surface area contributed by atoms with Crippen LogP contribution in [-0.4, -0.2) is 13.1 Å². The molecule has 3 nitrogen and oxygen atoms in total. The molecule has 58 valence electrons. The van der Waals surface area contributed by atoms with Gasteiger partial charge in [0.1, 0.15) is 5.56 Å². The number of hydrogen-bond donors (Lipinski definition) is 0. The number of carbonyl (C=O) groups is 1. The maximum Gasteiger partial charge on any atom is 0.344 e. The van der Waals surface area contributed by atoms with Gasteiger partial charge in [0.2, 0.25) is 0 Å². The maximum atomic E-state index is 11.0. The zero-order valence-electron chi connectivity index (χ0n) is 6.55. The molecular weight excluding hydrogens is 142 g/mol. The molecule has 1 aromatic heterocycles. The molecule has 0 aliphatic heterocycles. The number of rotatable bonds is 1. The summed E-state index contributed by atoms with van der Waals surface area (Å²) >= 11 is 0. The molecule has 0 radical (unpaired) electrons. The predicted molar refractivity (Wildman–Crippen MR) is 39.1 cm³/mol. The molecule has 0 atom stereocenters. The van der Waals surface area contributed by atoms with E-state index in [4.69, 9.17) is 0 Å². The van der Waals surface area contributed by atoms with Crippen molar-refractivity contribution >= 4 is 5.97 Å². The lowest BCUT2D eigenvalue weighted by Crippen LogP contribution is -2.13. The standard InChI is InChI=1S/C8H9NO2/c1-6-7(8(10)11-2)4-3-5-9-6/h3-5H,1-2H3/p+1. The number of hydrogen-bond acceptors (Lipinski definition) is 2. The molecule has 11 heavy (non-hydrogen) atoms. The van der Waals surface area contributed by atoms with E-state index in [1.54, 1.807) is 18.3 Å². The van der Waals surface area contributed by atoms with E-state index in [0.29, 0.717) is 5.56 Å². The van der Waals surface area contributed by atoms with E-state index in [2.05, 4.69) is 9.72 Å². The van der Waals surface area contributed by atoms with Gasteiger partial charge in [-0.25, -0.2) is 9.78 Å². The third-order valence-electron chi connectivity index (χ3n) is 1.47. The van der Waals surface area contributed by atoms with Crippen molar-refractivity contribution in [3.05, 3.63) is 29.6 Å². The summed E-state index contributed by atoms with van der Waals surface area (Å²) in [7, 11) is 1.37. The first-order valence-electron chi connectivity index (χ1n) is 3.31. The highest BCUT2D eigenvalue weighted by atomic mass is 16.5. The number of pyridine rings is 1. The molecule has 3 heteroatoms. The molecule has 0 bridgehead atoms. The summed E-state index contributed by atoms with van der Waals surface area (Å²) < 4.78 is 4.56. The summed E-state index contributed by atoms with van der Waals surface area (Å²) in [5, 5.41) is 0. The Labute approximate surface area is 65.0 Å². The van der Waals surface area contributed by atoms with Crippen molar-refractivity contribution < 1.29 is 14.5 Å². The molecule has 0 fully saturated rings. The van der Waals surface area contributed by atoms with Crippen LogP contribution in [0.5, 0.6) is 0 Å². The first-order chi connectivity index (χ1) is 5.25. The molecule has 0 aliphatic carbocycles. The lowest BCUT2D eigenvalue weighted by molar-refractivity contribution is -0.387. The average Bonchev–Trinajstić information content (AvgIpc) is 2.04. The molecule has 0 aliphatic rings. The second kappa shape index (κ2) is 3.14. The largest absolute Gasteiger partial charge is 0.465 e. The predicted octanol–water partition coefficient (Wildman–Crippen LogP) is 0.596. The van der Waals surface area contributed by atoms with Crippen molar-refractivity contribution in [2.45, 2.75) is 6.92 Å². The van der Waals surface area contributed by atoms with Crippen LogP contribution < -0.4 is 4.98 Å². The highest BCUT2D eigenvalue weighted by Gasteiger charge is 2.11. The van der Waals surface area contributed by atoms with E-state index in [0.717, 1.165) is 5.69 Å². The number of esters is 1. The third-order valence-corrected chi connectivity index (χ3v) is 1.47. The zero-order valence-corrected chi connectivity index (χ0v) is 6.55. The van der Waals surface area contributed by atoms with Crippen molar-refractivity contribution in [2.24, 2.45) is 0 Å². The Morgan fingerprint density at radius 1 is 1.64 bits per heavy atom. The van der Waals surface area contributed by atoms with Gasteiger partial charge in [-0.15, -0.1) is 0 Å². The minimum absolute atomic E-state index is 0.306. The Bertz CT molecular complexity index is 271. The van der Waals surface area contributed by atoms with Gasteiger partial charge in [-0.2, -0.15) is 0 Å². The lowest BCUT2D eigenvalue weighted by atomic mass is 10.2. The van der Waals surface area contributed by atoms with Crippen molar-refractivity contribution in [3.8, 4) is 0 Å². The number of ether oxygens (including phenoxy) is 1. The number of carbonyl (C=O) groups excluding carboxylic acids is 1. The van der Waals surface area contributed by atoms with E-state index in [-0.39, 0.29) is 5.97 Å². The molecule has 0 aromatic carbocycles. The second-order valence-electron chi connectivity index (χ2n) is 2.20. The fraction of sp³-hybridized carbons (Fsp3) is 0.250. The van der Waals surface area contributed by atoms with Gasteiger partial charge in [0.15, 0.2) is 11.9 Å². The maximum absolute atomic E-state index is 11.0. The number of aromatic nitrogens is 1. The third kappa shape index (κ3) is 1.55. The molecule has 0 saturated carbocycles. The van der Waals surface area contributed by atoms with Crippen LogP contribution in [0, 0.1) is 6.92 Å². The van der Waals surface area contributed by atoms with Crippen LogP contribution in [0.2, 0.25) is 0 Å². The second-order valence-corrected chi connectivity index (χ2v) is 2.20. The Hall–Kier alpha value is -1.38. The fourth-order valence-electron chi connectivity index (χ4n) is 0.851. The van der Waals surface area contributed by atoms with Crippen LogP contribution in [-0.2, 0) is 4.74 Å². The van der Waals surface area contributed by atoms with Crippen LogP contribution in [0.25, 0.3) is 0 Å². The van der Waals surface area contributed by atoms with E-state index >= 15 is 0 Å². The van der Waals surface area contributed by atoms with E-state index in [9.17, 15) is 4.79 Å². The Kier molecular flexibility index (Phi) is 2.21. The van der Waals surface area contributed by atoms with Crippen molar-refractivity contribution in [3.63, 3.8) is 0 Å². The van der Waals surface area contributed by atoms with Gasteiger partial charge < -0.3 is 4.74 Å². The average molecular weight is 152 g/mol. The zero-order chi connectivity index (χ0) is 8.27. The molecule has 0 amide bonds. The number of H-pyrrole nitrogens is 1. The van der Waals surface area contributed by atoms with E-state index < -0.39 is 0 Å².